The zero-order chi connectivity index (χ0) is 13.4. The smallest absolute Gasteiger partial charge is 0.137 e. The zero-order valence-corrected chi connectivity index (χ0v) is 10.8. The van der Waals surface area contributed by atoms with Crippen molar-refractivity contribution in [3.8, 4) is 5.75 Å². The molecule has 0 unspecified atom stereocenters. The second kappa shape index (κ2) is 7.50. The molecule has 1 heterocycles. The molecule has 100 valence electrons. The molecule has 0 fully saturated rings. The molecule has 0 aliphatic heterocycles. The van der Waals surface area contributed by atoms with Gasteiger partial charge in [-0.15, -0.1) is 0 Å². The molecule has 0 aromatic carbocycles. The van der Waals surface area contributed by atoms with E-state index in [1.807, 2.05) is 17.0 Å². The summed E-state index contributed by atoms with van der Waals surface area (Å²) in [5, 5.41) is 7.27. The number of amidine groups is 1. The van der Waals surface area contributed by atoms with E-state index in [4.69, 9.17) is 20.6 Å². The number of hydrogen-bond acceptors (Lipinski definition) is 5. The predicted octanol–water partition coefficient (Wildman–Crippen LogP) is 0.869. The summed E-state index contributed by atoms with van der Waals surface area (Å²) >= 11 is 0. The standard InChI is InChI=1S/C12H20N4O2/c1-17-8-7-16(6-5-11(13)14)12-4-3-10(18-2)9-15-12/h3-4,9H,5-8H2,1-2H3,(H3,13,14). The van der Waals surface area contributed by atoms with Crippen LogP contribution in [0.4, 0.5) is 5.82 Å². The van der Waals surface area contributed by atoms with Crippen LogP contribution in [0.15, 0.2) is 18.3 Å². The van der Waals surface area contributed by atoms with E-state index >= 15 is 0 Å². The Kier molecular flexibility index (Phi) is 5.93. The Balaban J connectivity index is 2.69. The van der Waals surface area contributed by atoms with Gasteiger partial charge < -0.3 is 20.1 Å². The maximum absolute atomic E-state index is 7.27. The molecular formula is C12H20N4O2. The Morgan fingerprint density at radius 2 is 2.17 bits per heavy atom. The second-order valence-corrected chi connectivity index (χ2v) is 3.81. The van der Waals surface area contributed by atoms with Crippen molar-refractivity contribution in [1.29, 1.82) is 5.41 Å². The molecule has 0 spiro atoms. The van der Waals surface area contributed by atoms with Gasteiger partial charge in [-0.3, -0.25) is 5.41 Å². The molecule has 6 nitrogen and oxygen atoms in total. The van der Waals surface area contributed by atoms with Crippen molar-refractivity contribution >= 4 is 11.7 Å². The molecule has 3 N–H and O–H groups in total. The summed E-state index contributed by atoms with van der Waals surface area (Å²) in [5.74, 6) is 1.72. The molecule has 0 saturated carbocycles. The van der Waals surface area contributed by atoms with Crippen LogP contribution >= 0.6 is 0 Å². The predicted molar refractivity (Wildman–Crippen MR) is 71.4 cm³/mol. The lowest BCUT2D eigenvalue weighted by Crippen LogP contribution is -2.31. The van der Waals surface area contributed by atoms with Gasteiger partial charge in [-0.1, -0.05) is 0 Å². The fraction of sp³-hybridized carbons (Fsp3) is 0.500. The molecule has 1 aromatic rings. The van der Waals surface area contributed by atoms with Crippen molar-refractivity contribution < 1.29 is 9.47 Å². The third-order valence-electron chi connectivity index (χ3n) is 2.50. The first-order valence-electron chi connectivity index (χ1n) is 5.74. The number of methoxy groups -OCH3 is 2. The molecule has 18 heavy (non-hydrogen) atoms. The normalized spacial score (nSPS) is 10.1. The number of pyridine rings is 1. The van der Waals surface area contributed by atoms with Crippen molar-refractivity contribution in [3.05, 3.63) is 18.3 Å². The Labute approximate surface area is 107 Å². The van der Waals surface area contributed by atoms with E-state index in [-0.39, 0.29) is 5.84 Å². The lowest BCUT2D eigenvalue weighted by molar-refractivity contribution is 0.205. The van der Waals surface area contributed by atoms with E-state index in [2.05, 4.69) is 4.98 Å². The van der Waals surface area contributed by atoms with E-state index in [1.54, 1.807) is 20.4 Å². The maximum atomic E-state index is 7.27. The highest BCUT2D eigenvalue weighted by atomic mass is 16.5. The number of nitrogens with one attached hydrogen (secondary N) is 1. The highest BCUT2D eigenvalue weighted by Crippen LogP contribution is 2.15. The van der Waals surface area contributed by atoms with E-state index in [1.165, 1.54) is 0 Å². The van der Waals surface area contributed by atoms with Crippen LogP contribution in [0.25, 0.3) is 0 Å². The van der Waals surface area contributed by atoms with E-state index in [9.17, 15) is 0 Å². The number of hydrogen-bond donors (Lipinski definition) is 2. The first-order valence-corrected chi connectivity index (χ1v) is 5.74. The van der Waals surface area contributed by atoms with Gasteiger partial charge in [-0.2, -0.15) is 0 Å². The average molecular weight is 252 g/mol. The van der Waals surface area contributed by atoms with Gasteiger partial charge in [0.25, 0.3) is 0 Å². The van der Waals surface area contributed by atoms with Crippen LogP contribution in [0.5, 0.6) is 5.75 Å². The van der Waals surface area contributed by atoms with Crippen molar-refractivity contribution in [1.82, 2.24) is 4.98 Å². The highest BCUT2D eigenvalue weighted by molar-refractivity contribution is 5.77. The number of rotatable bonds is 8. The monoisotopic (exact) mass is 252 g/mol. The third-order valence-corrected chi connectivity index (χ3v) is 2.50. The molecular weight excluding hydrogens is 232 g/mol. The molecule has 0 aliphatic carbocycles. The molecule has 0 aliphatic rings. The van der Waals surface area contributed by atoms with E-state index < -0.39 is 0 Å². The van der Waals surface area contributed by atoms with Crippen LogP contribution in [-0.4, -0.2) is 44.7 Å². The van der Waals surface area contributed by atoms with Gasteiger partial charge in [0, 0.05) is 26.6 Å². The molecule has 6 heteroatoms. The molecule has 0 radical (unpaired) electrons. The summed E-state index contributed by atoms with van der Waals surface area (Å²) in [4.78, 5) is 6.35. The summed E-state index contributed by atoms with van der Waals surface area (Å²) in [6.07, 6.45) is 2.18. The first-order chi connectivity index (χ1) is 8.67. The Bertz CT molecular complexity index is 367. The van der Waals surface area contributed by atoms with Gasteiger partial charge in [0.15, 0.2) is 0 Å². The molecule has 0 atom stereocenters. The quantitative estimate of drug-likeness (QED) is 0.529. The minimum atomic E-state index is 0.172. The Morgan fingerprint density at radius 1 is 1.39 bits per heavy atom. The molecule has 1 rings (SSSR count). The second-order valence-electron chi connectivity index (χ2n) is 3.81. The first kappa shape index (κ1) is 14.2. The van der Waals surface area contributed by atoms with Crippen molar-refractivity contribution in [2.75, 3.05) is 38.8 Å². The summed E-state index contributed by atoms with van der Waals surface area (Å²) in [6, 6.07) is 3.74. The SMILES string of the molecule is COCCN(CCC(=N)N)c1ccc(OC)cn1. The van der Waals surface area contributed by atoms with Crippen molar-refractivity contribution in [2.45, 2.75) is 6.42 Å². The van der Waals surface area contributed by atoms with Crippen LogP contribution in [-0.2, 0) is 4.74 Å². The third kappa shape index (κ3) is 4.58. The Morgan fingerprint density at radius 3 is 2.67 bits per heavy atom. The maximum Gasteiger partial charge on any atom is 0.137 e. The summed E-state index contributed by atoms with van der Waals surface area (Å²) in [5.41, 5.74) is 5.38. The van der Waals surface area contributed by atoms with Gasteiger partial charge in [0.05, 0.1) is 25.7 Å². The topological polar surface area (TPSA) is 84.5 Å². The number of ether oxygens (including phenoxy) is 2. The van der Waals surface area contributed by atoms with Crippen LogP contribution in [0, 0.1) is 5.41 Å². The highest BCUT2D eigenvalue weighted by Gasteiger charge is 2.08. The zero-order valence-electron chi connectivity index (χ0n) is 10.8. The lowest BCUT2D eigenvalue weighted by Gasteiger charge is -2.23. The van der Waals surface area contributed by atoms with Crippen LogP contribution in [0.1, 0.15) is 6.42 Å². The number of nitrogens with zero attached hydrogens (tertiary/aromatic N) is 2. The molecule has 0 bridgehead atoms. The molecule has 0 amide bonds. The number of nitrogens with two attached hydrogens (primary N) is 1. The summed E-state index contributed by atoms with van der Waals surface area (Å²) < 4.78 is 10.1. The minimum absolute atomic E-state index is 0.172. The van der Waals surface area contributed by atoms with Gasteiger partial charge in [0.1, 0.15) is 11.6 Å². The van der Waals surface area contributed by atoms with Crippen molar-refractivity contribution in [2.24, 2.45) is 5.73 Å². The molecule has 1 aromatic heterocycles. The lowest BCUT2D eigenvalue weighted by atomic mass is 10.3. The minimum Gasteiger partial charge on any atom is -0.495 e. The fourth-order valence-electron chi connectivity index (χ4n) is 1.48. The average Bonchev–Trinajstić information content (AvgIpc) is 2.39. The van der Waals surface area contributed by atoms with E-state index in [0.717, 1.165) is 11.6 Å². The van der Waals surface area contributed by atoms with E-state index in [0.29, 0.717) is 26.1 Å². The molecule has 0 saturated heterocycles. The van der Waals surface area contributed by atoms with Crippen LogP contribution < -0.4 is 15.4 Å². The van der Waals surface area contributed by atoms with Gasteiger partial charge in [-0.25, -0.2) is 4.98 Å². The van der Waals surface area contributed by atoms with Gasteiger partial charge in [-0.05, 0) is 12.1 Å². The summed E-state index contributed by atoms with van der Waals surface area (Å²) in [7, 11) is 3.26. The Hall–Kier alpha value is -1.82. The van der Waals surface area contributed by atoms with Gasteiger partial charge in [0.2, 0.25) is 0 Å². The van der Waals surface area contributed by atoms with Gasteiger partial charge >= 0.3 is 0 Å². The number of aromatic nitrogens is 1. The largest absolute Gasteiger partial charge is 0.495 e. The van der Waals surface area contributed by atoms with Crippen LogP contribution in [0.3, 0.4) is 0 Å². The van der Waals surface area contributed by atoms with Crippen LogP contribution in [0.2, 0.25) is 0 Å². The van der Waals surface area contributed by atoms with Crippen molar-refractivity contribution in [3.63, 3.8) is 0 Å². The summed E-state index contributed by atoms with van der Waals surface area (Å²) in [6.45, 7) is 1.97. The number of anilines is 1. The fourth-order valence-corrected chi connectivity index (χ4v) is 1.48.